The molecule has 0 amide bonds. The van der Waals surface area contributed by atoms with E-state index in [1.165, 1.54) is 4.88 Å². The van der Waals surface area contributed by atoms with Gasteiger partial charge in [-0.3, -0.25) is 9.69 Å². The lowest BCUT2D eigenvalue weighted by Gasteiger charge is -2.25. The molecule has 0 bridgehead atoms. The predicted molar refractivity (Wildman–Crippen MR) is 71.9 cm³/mol. The number of hydrogen-bond donors (Lipinski definition) is 0. The molecule has 0 aromatic carbocycles. The highest BCUT2D eigenvalue weighted by Gasteiger charge is 2.28. The van der Waals surface area contributed by atoms with E-state index >= 15 is 0 Å². The van der Waals surface area contributed by atoms with Gasteiger partial charge in [0.25, 0.3) is 0 Å². The number of aryl methyl sites for hydroxylation is 1. The molecule has 2 heterocycles. The normalized spacial score (nSPS) is 23.6. The predicted octanol–water partition coefficient (Wildman–Crippen LogP) is 1.88. The van der Waals surface area contributed by atoms with E-state index in [-0.39, 0.29) is 11.8 Å². The van der Waals surface area contributed by atoms with Gasteiger partial charge in [-0.1, -0.05) is 0 Å². The second-order valence-corrected chi connectivity index (χ2v) is 6.04. The van der Waals surface area contributed by atoms with Gasteiger partial charge in [0, 0.05) is 22.4 Å². The summed E-state index contributed by atoms with van der Waals surface area (Å²) in [5.74, 6) is 0.269. The summed E-state index contributed by atoms with van der Waals surface area (Å²) < 4.78 is 0. The molecule has 94 valence electrons. The van der Waals surface area contributed by atoms with Crippen LogP contribution in [0.1, 0.15) is 21.7 Å². The van der Waals surface area contributed by atoms with Crippen molar-refractivity contribution in [1.82, 2.24) is 9.80 Å². The number of carbonyl (C=O) groups excluding carboxylic acids is 1. The molecule has 1 unspecified atom stereocenters. The summed E-state index contributed by atoms with van der Waals surface area (Å²) >= 11 is 1.65. The van der Waals surface area contributed by atoms with Crippen LogP contribution in [-0.4, -0.2) is 55.4 Å². The first kappa shape index (κ1) is 12.7. The molecule has 4 heteroatoms. The van der Waals surface area contributed by atoms with Crippen LogP contribution in [0.2, 0.25) is 0 Å². The van der Waals surface area contributed by atoms with Crippen LogP contribution in [0, 0.1) is 6.92 Å². The van der Waals surface area contributed by atoms with Crippen molar-refractivity contribution in [1.29, 1.82) is 0 Å². The van der Waals surface area contributed by atoms with Crippen molar-refractivity contribution in [3.63, 3.8) is 0 Å². The van der Waals surface area contributed by atoms with Gasteiger partial charge >= 0.3 is 0 Å². The van der Waals surface area contributed by atoms with Crippen LogP contribution in [-0.2, 0) is 0 Å². The molecule has 1 fully saturated rings. The summed E-state index contributed by atoms with van der Waals surface area (Å²) in [6.45, 7) is 4.97. The molecule has 0 aliphatic carbocycles. The first-order valence-electron chi connectivity index (χ1n) is 6.06. The Kier molecular flexibility index (Phi) is 3.97. The SMILES string of the molecule is Cc1cc(C(=O)C2CN(C)CCCN2C)cs1. The van der Waals surface area contributed by atoms with Gasteiger partial charge < -0.3 is 4.90 Å². The number of rotatable bonds is 2. The van der Waals surface area contributed by atoms with Crippen LogP contribution in [0.4, 0.5) is 0 Å². The van der Waals surface area contributed by atoms with Gasteiger partial charge in [-0.05, 0) is 46.6 Å². The van der Waals surface area contributed by atoms with E-state index in [9.17, 15) is 4.79 Å². The first-order chi connectivity index (χ1) is 8.08. The molecule has 1 aromatic rings. The molecule has 1 saturated heterocycles. The Balaban J connectivity index is 2.16. The lowest BCUT2D eigenvalue weighted by molar-refractivity contribution is 0.0840. The summed E-state index contributed by atoms with van der Waals surface area (Å²) in [7, 11) is 4.15. The van der Waals surface area contributed by atoms with Gasteiger partial charge in [0.1, 0.15) is 0 Å². The number of likely N-dealkylation sites (N-methyl/N-ethyl adjacent to an activating group) is 2. The van der Waals surface area contributed by atoms with E-state index in [4.69, 9.17) is 0 Å². The number of ketones is 1. The molecule has 1 aromatic heterocycles. The lowest BCUT2D eigenvalue weighted by Crippen LogP contribution is -2.43. The van der Waals surface area contributed by atoms with Crippen LogP contribution in [0.25, 0.3) is 0 Å². The molecule has 17 heavy (non-hydrogen) atoms. The maximum absolute atomic E-state index is 12.5. The molecule has 3 nitrogen and oxygen atoms in total. The molecule has 0 radical (unpaired) electrons. The molecular weight excluding hydrogens is 232 g/mol. The minimum Gasteiger partial charge on any atom is -0.304 e. The Hall–Kier alpha value is -0.710. The Morgan fingerprint density at radius 2 is 2.18 bits per heavy atom. The van der Waals surface area contributed by atoms with Crippen LogP contribution in [0.5, 0.6) is 0 Å². The van der Waals surface area contributed by atoms with Gasteiger partial charge in [0.05, 0.1) is 6.04 Å². The van der Waals surface area contributed by atoms with E-state index in [0.717, 1.165) is 31.6 Å². The highest BCUT2D eigenvalue weighted by Crippen LogP contribution is 2.18. The molecule has 1 aliphatic heterocycles. The fraction of sp³-hybridized carbons (Fsp3) is 0.615. The molecule has 0 spiro atoms. The summed E-state index contributed by atoms with van der Waals surface area (Å²) in [6, 6.07) is 2.02. The number of Topliss-reactive ketones (excluding diaryl/α,β-unsaturated/α-hetero) is 1. The summed E-state index contributed by atoms with van der Waals surface area (Å²) in [5.41, 5.74) is 0.875. The zero-order chi connectivity index (χ0) is 12.4. The van der Waals surface area contributed by atoms with Crippen molar-refractivity contribution in [2.45, 2.75) is 19.4 Å². The molecule has 1 aliphatic rings. The fourth-order valence-corrected chi connectivity index (χ4v) is 3.01. The average Bonchev–Trinajstić information content (AvgIpc) is 2.64. The minimum atomic E-state index is 0.0106. The van der Waals surface area contributed by atoms with Crippen LogP contribution >= 0.6 is 11.3 Å². The number of carbonyl (C=O) groups is 1. The van der Waals surface area contributed by atoms with Crippen LogP contribution in [0.3, 0.4) is 0 Å². The fourth-order valence-electron chi connectivity index (χ4n) is 2.32. The standard InChI is InChI=1S/C13H20N2OS/c1-10-7-11(9-17-10)13(16)12-8-14(2)5-4-6-15(12)3/h7,9,12H,4-6,8H2,1-3H3. The van der Waals surface area contributed by atoms with Gasteiger partial charge in [0.15, 0.2) is 5.78 Å². The second-order valence-electron chi connectivity index (χ2n) is 4.92. The van der Waals surface area contributed by atoms with Gasteiger partial charge in [-0.25, -0.2) is 0 Å². The maximum atomic E-state index is 12.5. The molecule has 0 saturated carbocycles. The zero-order valence-electron chi connectivity index (χ0n) is 10.8. The van der Waals surface area contributed by atoms with Crippen molar-refractivity contribution in [3.8, 4) is 0 Å². The third-order valence-corrected chi connectivity index (χ3v) is 4.25. The third-order valence-electron chi connectivity index (χ3n) is 3.39. The summed E-state index contributed by atoms with van der Waals surface area (Å²) in [6.07, 6.45) is 1.14. The highest BCUT2D eigenvalue weighted by atomic mass is 32.1. The molecule has 0 N–H and O–H groups in total. The van der Waals surface area contributed by atoms with Crippen molar-refractivity contribution >= 4 is 17.1 Å². The lowest BCUT2D eigenvalue weighted by atomic mass is 10.1. The van der Waals surface area contributed by atoms with Crippen molar-refractivity contribution in [2.24, 2.45) is 0 Å². The minimum absolute atomic E-state index is 0.0106. The van der Waals surface area contributed by atoms with E-state index in [1.807, 2.05) is 18.4 Å². The smallest absolute Gasteiger partial charge is 0.182 e. The quantitative estimate of drug-likeness (QED) is 0.751. The second kappa shape index (κ2) is 5.29. The number of thiophene rings is 1. The largest absolute Gasteiger partial charge is 0.304 e. The van der Waals surface area contributed by atoms with E-state index in [2.05, 4.69) is 23.9 Å². The Morgan fingerprint density at radius 3 is 2.82 bits per heavy atom. The first-order valence-corrected chi connectivity index (χ1v) is 6.94. The summed E-state index contributed by atoms with van der Waals surface area (Å²) in [5, 5.41) is 1.98. The Morgan fingerprint density at radius 1 is 1.41 bits per heavy atom. The zero-order valence-corrected chi connectivity index (χ0v) is 11.6. The van der Waals surface area contributed by atoms with Crippen LogP contribution in [0.15, 0.2) is 11.4 Å². The number of hydrogen-bond acceptors (Lipinski definition) is 4. The molecular formula is C13H20N2OS. The van der Waals surface area contributed by atoms with Crippen molar-refractivity contribution in [3.05, 3.63) is 21.9 Å². The Labute approximate surface area is 107 Å². The van der Waals surface area contributed by atoms with Crippen molar-refractivity contribution < 1.29 is 4.79 Å². The highest BCUT2D eigenvalue weighted by molar-refractivity contribution is 7.10. The Bertz CT molecular complexity index is 402. The van der Waals surface area contributed by atoms with Gasteiger partial charge in [-0.15, -0.1) is 11.3 Å². The molecule has 2 rings (SSSR count). The van der Waals surface area contributed by atoms with Gasteiger partial charge in [-0.2, -0.15) is 0 Å². The van der Waals surface area contributed by atoms with E-state index in [1.54, 1.807) is 11.3 Å². The average molecular weight is 252 g/mol. The van der Waals surface area contributed by atoms with Crippen molar-refractivity contribution in [2.75, 3.05) is 33.7 Å². The van der Waals surface area contributed by atoms with E-state index in [0.29, 0.717) is 0 Å². The monoisotopic (exact) mass is 252 g/mol. The summed E-state index contributed by atoms with van der Waals surface area (Å²) in [4.78, 5) is 18.1. The molecule has 1 atom stereocenters. The van der Waals surface area contributed by atoms with Gasteiger partial charge in [0.2, 0.25) is 0 Å². The topological polar surface area (TPSA) is 23.6 Å². The van der Waals surface area contributed by atoms with Crippen LogP contribution < -0.4 is 0 Å². The maximum Gasteiger partial charge on any atom is 0.182 e. The number of nitrogens with zero attached hydrogens (tertiary/aromatic N) is 2. The van der Waals surface area contributed by atoms with E-state index < -0.39 is 0 Å². The third kappa shape index (κ3) is 2.94.